The van der Waals surface area contributed by atoms with E-state index in [9.17, 15) is 5.11 Å². The molecule has 1 aliphatic rings. The molecule has 0 aromatic heterocycles. The molecule has 0 spiro atoms. The third-order valence-electron chi connectivity index (χ3n) is 3.49. The maximum absolute atomic E-state index is 10.4. The lowest BCUT2D eigenvalue weighted by Gasteiger charge is -2.23. The fourth-order valence-electron chi connectivity index (χ4n) is 2.51. The predicted octanol–water partition coefficient (Wildman–Crippen LogP) is 2.65. The van der Waals surface area contributed by atoms with Crippen LogP contribution in [-0.2, 0) is 0 Å². The number of ether oxygens (including phenoxy) is 1. The summed E-state index contributed by atoms with van der Waals surface area (Å²) in [6.45, 7) is 3.63. The molecule has 1 aromatic rings. The second-order valence-corrected chi connectivity index (χ2v) is 4.86. The van der Waals surface area contributed by atoms with E-state index >= 15 is 0 Å². The minimum absolute atomic E-state index is 0.171. The second-order valence-electron chi connectivity index (χ2n) is 4.86. The van der Waals surface area contributed by atoms with Gasteiger partial charge in [-0.3, -0.25) is 0 Å². The molecule has 1 fully saturated rings. The van der Waals surface area contributed by atoms with Gasteiger partial charge in [-0.25, -0.2) is 0 Å². The summed E-state index contributed by atoms with van der Waals surface area (Å²) in [5.41, 5.74) is 0.945. The Morgan fingerprint density at radius 3 is 3.11 bits per heavy atom. The van der Waals surface area contributed by atoms with Crippen LogP contribution in [0.4, 0.5) is 0 Å². The van der Waals surface area contributed by atoms with Gasteiger partial charge in [0.2, 0.25) is 0 Å². The molecule has 3 heteroatoms. The van der Waals surface area contributed by atoms with E-state index in [4.69, 9.17) is 4.74 Å². The zero-order chi connectivity index (χ0) is 12.8. The van der Waals surface area contributed by atoms with Crippen LogP contribution < -0.4 is 10.1 Å². The van der Waals surface area contributed by atoms with Gasteiger partial charge >= 0.3 is 0 Å². The van der Waals surface area contributed by atoms with Crippen LogP contribution in [0.25, 0.3) is 0 Å². The summed E-state index contributed by atoms with van der Waals surface area (Å²) >= 11 is 0. The fraction of sp³-hybridized carbons (Fsp3) is 0.600. The molecule has 0 amide bonds. The Balaban J connectivity index is 2.06. The Labute approximate surface area is 109 Å². The Morgan fingerprint density at radius 2 is 2.28 bits per heavy atom. The third-order valence-corrected chi connectivity index (χ3v) is 3.49. The summed E-state index contributed by atoms with van der Waals surface area (Å²) in [6, 6.07) is 7.96. The van der Waals surface area contributed by atoms with Gasteiger partial charge in [0, 0.05) is 6.04 Å². The Morgan fingerprint density at radius 1 is 1.39 bits per heavy atom. The van der Waals surface area contributed by atoms with Crippen molar-refractivity contribution < 1.29 is 9.84 Å². The van der Waals surface area contributed by atoms with Crippen molar-refractivity contribution in [2.24, 2.45) is 0 Å². The van der Waals surface area contributed by atoms with Crippen LogP contribution in [0.15, 0.2) is 24.3 Å². The van der Waals surface area contributed by atoms with E-state index in [1.165, 1.54) is 19.3 Å². The lowest BCUT2D eigenvalue weighted by molar-refractivity contribution is 0.126. The Kier molecular flexibility index (Phi) is 5.02. The number of hydrogen-bond donors (Lipinski definition) is 2. The lowest BCUT2D eigenvalue weighted by Crippen LogP contribution is -2.34. The van der Waals surface area contributed by atoms with Crippen molar-refractivity contribution >= 4 is 0 Å². The van der Waals surface area contributed by atoms with Crippen molar-refractivity contribution in [3.05, 3.63) is 29.8 Å². The van der Waals surface area contributed by atoms with Gasteiger partial charge in [0.15, 0.2) is 0 Å². The summed E-state index contributed by atoms with van der Waals surface area (Å²) in [4.78, 5) is 0. The van der Waals surface area contributed by atoms with Crippen molar-refractivity contribution in [3.63, 3.8) is 0 Å². The topological polar surface area (TPSA) is 41.5 Å². The molecule has 0 bridgehead atoms. The molecule has 2 N–H and O–H groups in total. The smallest absolute Gasteiger partial charge is 0.119 e. The van der Waals surface area contributed by atoms with Gasteiger partial charge in [-0.1, -0.05) is 25.0 Å². The van der Waals surface area contributed by atoms with Crippen LogP contribution in [0.5, 0.6) is 5.75 Å². The van der Waals surface area contributed by atoms with Crippen LogP contribution in [0.3, 0.4) is 0 Å². The number of aliphatic hydroxyl groups excluding tert-OH is 1. The highest BCUT2D eigenvalue weighted by atomic mass is 16.5. The molecule has 1 saturated heterocycles. The third kappa shape index (κ3) is 3.47. The standard InChI is InChI=1S/C15H23NO2/c1-2-18-13-8-6-7-12(11-13)15(17)14-9-4-3-5-10-16-14/h6-8,11,14-17H,2-5,9-10H2,1H3. The van der Waals surface area contributed by atoms with Crippen LogP contribution in [0.1, 0.15) is 44.3 Å². The van der Waals surface area contributed by atoms with Crippen molar-refractivity contribution in [2.45, 2.75) is 44.8 Å². The Hall–Kier alpha value is -1.06. The molecular weight excluding hydrogens is 226 g/mol. The van der Waals surface area contributed by atoms with Crippen molar-refractivity contribution in [2.75, 3.05) is 13.2 Å². The van der Waals surface area contributed by atoms with Gasteiger partial charge in [0.25, 0.3) is 0 Å². The molecule has 2 atom stereocenters. The molecule has 100 valence electrons. The first-order valence-electron chi connectivity index (χ1n) is 6.95. The quantitative estimate of drug-likeness (QED) is 0.862. The number of hydrogen-bond acceptors (Lipinski definition) is 3. The van der Waals surface area contributed by atoms with E-state index in [0.29, 0.717) is 6.61 Å². The summed E-state index contributed by atoms with van der Waals surface area (Å²) < 4.78 is 5.48. The molecule has 1 aliphatic heterocycles. The summed E-state index contributed by atoms with van der Waals surface area (Å²) in [6.07, 6.45) is 4.26. The first-order valence-corrected chi connectivity index (χ1v) is 6.95. The highest BCUT2D eigenvalue weighted by Gasteiger charge is 2.21. The molecule has 0 aliphatic carbocycles. The average molecular weight is 249 g/mol. The zero-order valence-electron chi connectivity index (χ0n) is 11.1. The van der Waals surface area contributed by atoms with Gasteiger partial charge in [-0.05, 0) is 44.0 Å². The van der Waals surface area contributed by atoms with E-state index in [1.54, 1.807) is 0 Å². The van der Waals surface area contributed by atoms with Crippen LogP contribution in [0, 0.1) is 0 Å². The molecule has 2 unspecified atom stereocenters. The van der Waals surface area contributed by atoms with E-state index in [1.807, 2.05) is 31.2 Å². The first-order chi connectivity index (χ1) is 8.81. The second kappa shape index (κ2) is 6.76. The van der Waals surface area contributed by atoms with Crippen molar-refractivity contribution in [3.8, 4) is 5.75 Å². The summed E-state index contributed by atoms with van der Waals surface area (Å²) in [7, 11) is 0. The lowest BCUT2D eigenvalue weighted by atomic mass is 9.98. The van der Waals surface area contributed by atoms with E-state index < -0.39 is 6.10 Å². The zero-order valence-corrected chi connectivity index (χ0v) is 11.1. The summed E-state index contributed by atoms with van der Waals surface area (Å²) in [5, 5.41) is 13.9. The maximum atomic E-state index is 10.4. The first kappa shape index (κ1) is 13.4. The van der Waals surface area contributed by atoms with Gasteiger partial charge in [-0.2, -0.15) is 0 Å². The molecule has 1 aromatic carbocycles. The number of benzene rings is 1. The highest BCUT2D eigenvalue weighted by Crippen LogP contribution is 2.25. The monoisotopic (exact) mass is 249 g/mol. The molecule has 18 heavy (non-hydrogen) atoms. The molecule has 1 heterocycles. The van der Waals surface area contributed by atoms with Crippen LogP contribution >= 0.6 is 0 Å². The van der Waals surface area contributed by atoms with Gasteiger partial charge < -0.3 is 15.2 Å². The van der Waals surface area contributed by atoms with Gasteiger partial charge in [0.1, 0.15) is 5.75 Å². The molecule has 0 saturated carbocycles. The van der Waals surface area contributed by atoms with Crippen LogP contribution in [-0.4, -0.2) is 24.3 Å². The fourth-order valence-corrected chi connectivity index (χ4v) is 2.51. The van der Waals surface area contributed by atoms with Gasteiger partial charge in [0.05, 0.1) is 12.7 Å². The van der Waals surface area contributed by atoms with Gasteiger partial charge in [-0.15, -0.1) is 0 Å². The van der Waals surface area contributed by atoms with E-state index in [2.05, 4.69) is 5.32 Å². The normalized spacial score (nSPS) is 22.2. The minimum atomic E-state index is -0.441. The molecule has 2 rings (SSSR count). The number of rotatable bonds is 4. The van der Waals surface area contributed by atoms with E-state index in [0.717, 1.165) is 24.3 Å². The average Bonchev–Trinajstić information content (AvgIpc) is 2.67. The largest absolute Gasteiger partial charge is 0.494 e. The Bertz CT molecular complexity index is 359. The highest BCUT2D eigenvalue weighted by molar-refractivity contribution is 5.30. The molecule has 0 radical (unpaired) electrons. The number of nitrogens with one attached hydrogen (secondary N) is 1. The summed E-state index contributed by atoms with van der Waals surface area (Å²) in [5.74, 6) is 0.836. The molecule has 3 nitrogen and oxygen atoms in total. The SMILES string of the molecule is CCOc1cccc(C(O)C2CCCCCN2)c1. The van der Waals surface area contributed by atoms with Crippen LogP contribution in [0.2, 0.25) is 0 Å². The van der Waals surface area contributed by atoms with E-state index in [-0.39, 0.29) is 6.04 Å². The van der Waals surface area contributed by atoms with Crippen molar-refractivity contribution in [1.82, 2.24) is 5.32 Å². The van der Waals surface area contributed by atoms with Crippen molar-refractivity contribution in [1.29, 1.82) is 0 Å². The molecular formula is C15H23NO2. The number of aliphatic hydroxyl groups is 1. The maximum Gasteiger partial charge on any atom is 0.119 e. The minimum Gasteiger partial charge on any atom is -0.494 e. The predicted molar refractivity (Wildman–Crippen MR) is 72.8 cm³/mol.